The van der Waals surface area contributed by atoms with E-state index in [0.29, 0.717) is 49.7 Å². The fourth-order valence-electron chi connectivity index (χ4n) is 3.75. The number of hydrogen-bond acceptors (Lipinski definition) is 6. The molecule has 3 aliphatic heterocycles. The van der Waals surface area contributed by atoms with Gasteiger partial charge in [0.15, 0.2) is 11.5 Å². The van der Waals surface area contributed by atoms with E-state index in [0.717, 1.165) is 6.42 Å². The second-order valence-electron chi connectivity index (χ2n) is 6.96. The van der Waals surface area contributed by atoms with E-state index < -0.39 is 12.1 Å². The van der Waals surface area contributed by atoms with E-state index in [9.17, 15) is 14.7 Å². The lowest BCUT2D eigenvalue weighted by molar-refractivity contribution is -0.125. The largest absolute Gasteiger partial charge is 0.454 e. The summed E-state index contributed by atoms with van der Waals surface area (Å²) in [6.07, 6.45) is 1.00. The minimum atomic E-state index is -0.473. The molecule has 3 atom stereocenters. The molecule has 9 heteroatoms. The Balaban J connectivity index is 0.00000210. The molecule has 0 bridgehead atoms. The number of benzene rings is 1. The minimum Gasteiger partial charge on any atom is -0.454 e. The first-order valence-electron chi connectivity index (χ1n) is 9.00. The van der Waals surface area contributed by atoms with Gasteiger partial charge >= 0.3 is 0 Å². The highest BCUT2D eigenvalue weighted by molar-refractivity contribution is 5.98. The van der Waals surface area contributed by atoms with Crippen LogP contribution in [0.1, 0.15) is 23.2 Å². The highest BCUT2D eigenvalue weighted by Crippen LogP contribution is 2.33. The van der Waals surface area contributed by atoms with Gasteiger partial charge in [-0.1, -0.05) is 0 Å². The number of likely N-dealkylation sites (tertiary alicyclic amines) is 1. The van der Waals surface area contributed by atoms with Gasteiger partial charge in [-0.05, 0) is 31.0 Å². The molecule has 4 rings (SSSR count). The molecule has 1 aromatic carbocycles. The number of fused-ring (bicyclic) bond motifs is 1. The average molecular weight is 398 g/mol. The van der Waals surface area contributed by atoms with E-state index in [1.54, 1.807) is 23.1 Å². The molecule has 2 fully saturated rings. The Labute approximate surface area is 163 Å². The molecule has 0 radical (unpaired) electrons. The van der Waals surface area contributed by atoms with E-state index in [1.807, 2.05) is 0 Å². The van der Waals surface area contributed by atoms with Gasteiger partial charge in [-0.2, -0.15) is 0 Å². The normalized spacial score (nSPS) is 26.0. The first-order valence-corrected chi connectivity index (χ1v) is 9.00. The highest BCUT2D eigenvalue weighted by Gasteiger charge is 2.35. The Morgan fingerprint density at radius 1 is 1.26 bits per heavy atom. The zero-order chi connectivity index (χ0) is 18.1. The number of ether oxygens (including phenoxy) is 2. The van der Waals surface area contributed by atoms with Gasteiger partial charge < -0.3 is 30.1 Å². The summed E-state index contributed by atoms with van der Waals surface area (Å²) in [4.78, 5) is 27.1. The van der Waals surface area contributed by atoms with E-state index >= 15 is 0 Å². The first-order chi connectivity index (χ1) is 12.6. The third kappa shape index (κ3) is 3.97. The van der Waals surface area contributed by atoms with Crippen LogP contribution in [0.15, 0.2) is 18.2 Å². The molecule has 1 aromatic rings. The van der Waals surface area contributed by atoms with Crippen molar-refractivity contribution < 1.29 is 24.2 Å². The summed E-state index contributed by atoms with van der Waals surface area (Å²) in [5, 5.41) is 15.8. The van der Waals surface area contributed by atoms with E-state index in [-0.39, 0.29) is 36.9 Å². The molecule has 8 nitrogen and oxygen atoms in total. The van der Waals surface area contributed by atoms with Crippen molar-refractivity contribution in [2.45, 2.75) is 25.0 Å². The Bertz CT molecular complexity index is 716. The monoisotopic (exact) mass is 397 g/mol. The molecular weight excluding hydrogens is 374 g/mol. The van der Waals surface area contributed by atoms with Crippen molar-refractivity contribution in [2.75, 3.05) is 33.0 Å². The van der Waals surface area contributed by atoms with Gasteiger partial charge in [0.1, 0.15) is 6.04 Å². The van der Waals surface area contributed by atoms with Crippen molar-refractivity contribution in [3.05, 3.63) is 23.8 Å². The Morgan fingerprint density at radius 3 is 2.85 bits per heavy atom. The average Bonchev–Trinajstić information content (AvgIpc) is 3.38. The fraction of sp³-hybridized carbons (Fsp3) is 0.556. The summed E-state index contributed by atoms with van der Waals surface area (Å²) in [6, 6.07) is 4.61. The number of amides is 2. The fourth-order valence-corrected chi connectivity index (χ4v) is 3.75. The SMILES string of the molecule is Cl.O=C(NCC1CNCC1O)C1CCCN1C(=O)c1ccc2c(c1)OCO2. The summed E-state index contributed by atoms with van der Waals surface area (Å²) in [6.45, 7) is 2.36. The molecule has 148 valence electrons. The summed E-state index contributed by atoms with van der Waals surface area (Å²) in [5.41, 5.74) is 0.490. The van der Waals surface area contributed by atoms with Crippen molar-refractivity contribution in [2.24, 2.45) is 5.92 Å². The number of nitrogens with one attached hydrogen (secondary N) is 2. The summed E-state index contributed by atoms with van der Waals surface area (Å²) >= 11 is 0. The topological polar surface area (TPSA) is 100 Å². The number of aliphatic hydroxyl groups is 1. The molecular formula is C18H24ClN3O5. The zero-order valence-electron chi connectivity index (χ0n) is 14.8. The van der Waals surface area contributed by atoms with Crippen LogP contribution in [0, 0.1) is 5.92 Å². The maximum Gasteiger partial charge on any atom is 0.254 e. The summed E-state index contributed by atoms with van der Waals surface area (Å²) < 4.78 is 10.6. The van der Waals surface area contributed by atoms with E-state index in [1.165, 1.54) is 0 Å². The number of rotatable bonds is 4. The lowest BCUT2D eigenvalue weighted by Crippen LogP contribution is -2.47. The van der Waals surface area contributed by atoms with Gasteiger partial charge in [-0.3, -0.25) is 9.59 Å². The number of halogens is 1. The molecule has 0 saturated carbocycles. The Hall–Kier alpha value is -2.03. The lowest BCUT2D eigenvalue weighted by Gasteiger charge is -2.25. The number of nitrogens with zero attached hydrogens (tertiary/aromatic N) is 1. The third-order valence-corrected chi connectivity index (χ3v) is 5.28. The predicted molar refractivity (Wildman–Crippen MR) is 99.2 cm³/mol. The summed E-state index contributed by atoms with van der Waals surface area (Å²) in [5.74, 6) is 0.859. The molecule has 2 saturated heterocycles. The quantitative estimate of drug-likeness (QED) is 0.668. The van der Waals surface area contributed by atoms with Gasteiger partial charge in [0.25, 0.3) is 5.91 Å². The van der Waals surface area contributed by atoms with Crippen LogP contribution in [-0.2, 0) is 4.79 Å². The number of aliphatic hydroxyl groups excluding tert-OH is 1. The van der Waals surface area contributed by atoms with Crippen LogP contribution in [0.3, 0.4) is 0 Å². The number of β-amino-alcohol motifs (C(OH)–C–C–N with tert-alkyl or cyclic N) is 1. The van der Waals surface area contributed by atoms with Gasteiger partial charge in [0, 0.05) is 37.7 Å². The van der Waals surface area contributed by atoms with Crippen LogP contribution < -0.4 is 20.1 Å². The molecule has 3 N–H and O–H groups in total. The zero-order valence-corrected chi connectivity index (χ0v) is 15.7. The Morgan fingerprint density at radius 2 is 2.07 bits per heavy atom. The Kier molecular flexibility index (Phi) is 6.08. The minimum absolute atomic E-state index is 0. The molecule has 2 amide bonds. The molecule has 3 unspecified atom stereocenters. The van der Waals surface area contributed by atoms with Gasteiger partial charge in [0.05, 0.1) is 6.10 Å². The number of carbonyl (C=O) groups is 2. The van der Waals surface area contributed by atoms with Crippen LogP contribution in [0.25, 0.3) is 0 Å². The van der Waals surface area contributed by atoms with Gasteiger partial charge in [0.2, 0.25) is 12.7 Å². The van der Waals surface area contributed by atoms with Crippen molar-refractivity contribution in [1.82, 2.24) is 15.5 Å². The highest BCUT2D eigenvalue weighted by atomic mass is 35.5. The van der Waals surface area contributed by atoms with Crippen molar-refractivity contribution >= 4 is 24.2 Å². The van der Waals surface area contributed by atoms with Crippen molar-refractivity contribution in [1.29, 1.82) is 0 Å². The lowest BCUT2D eigenvalue weighted by atomic mass is 10.1. The van der Waals surface area contributed by atoms with Crippen LogP contribution in [0.5, 0.6) is 11.5 Å². The first kappa shape index (κ1) is 19.7. The molecule has 0 spiro atoms. The summed E-state index contributed by atoms with van der Waals surface area (Å²) in [7, 11) is 0. The number of hydrogen-bond donors (Lipinski definition) is 3. The van der Waals surface area contributed by atoms with E-state index in [2.05, 4.69) is 10.6 Å². The van der Waals surface area contributed by atoms with Crippen molar-refractivity contribution in [3.8, 4) is 11.5 Å². The van der Waals surface area contributed by atoms with E-state index in [4.69, 9.17) is 9.47 Å². The maximum atomic E-state index is 12.9. The third-order valence-electron chi connectivity index (χ3n) is 5.28. The van der Waals surface area contributed by atoms with Crippen LogP contribution >= 0.6 is 12.4 Å². The molecule has 0 aromatic heterocycles. The van der Waals surface area contributed by atoms with Gasteiger partial charge in [-0.25, -0.2) is 0 Å². The van der Waals surface area contributed by atoms with Gasteiger partial charge in [-0.15, -0.1) is 12.4 Å². The van der Waals surface area contributed by atoms with Crippen LogP contribution in [-0.4, -0.2) is 66.9 Å². The van der Waals surface area contributed by atoms with Crippen LogP contribution in [0.2, 0.25) is 0 Å². The molecule has 27 heavy (non-hydrogen) atoms. The van der Waals surface area contributed by atoms with Crippen molar-refractivity contribution in [3.63, 3.8) is 0 Å². The van der Waals surface area contributed by atoms with Crippen LogP contribution in [0.4, 0.5) is 0 Å². The smallest absolute Gasteiger partial charge is 0.254 e. The number of carbonyl (C=O) groups excluding carboxylic acids is 2. The second-order valence-corrected chi connectivity index (χ2v) is 6.96. The maximum absolute atomic E-state index is 12.9. The molecule has 3 aliphatic rings. The second kappa shape index (κ2) is 8.33. The predicted octanol–water partition coefficient (Wildman–Crippen LogP) is 0.138. The molecule has 0 aliphatic carbocycles. The molecule has 3 heterocycles. The standard InChI is InChI=1S/C18H23N3O5.ClH/c22-14-9-19-7-12(14)8-20-17(23)13-2-1-5-21(13)18(24)11-3-4-15-16(6-11)26-10-25-15;/h3-4,6,12-14,19,22H,1-2,5,7-10H2,(H,20,23);1H.